The summed E-state index contributed by atoms with van der Waals surface area (Å²) >= 11 is 5.86. The van der Waals surface area contributed by atoms with Gasteiger partial charge in [-0.15, -0.1) is 0 Å². The molecule has 172 valence electrons. The Bertz CT molecular complexity index is 897. The summed E-state index contributed by atoms with van der Waals surface area (Å²) in [5, 5.41) is 4.56. The van der Waals surface area contributed by atoms with E-state index in [1.165, 1.54) is 31.9 Å². The molecule has 0 aliphatic heterocycles. The molecular formula is C25H31ClN2O4. The molecule has 0 spiro atoms. The summed E-state index contributed by atoms with van der Waals surface area (Å²) in [7, 11) is 0. The number of nitrogens with zero attached hydrogens (tertiary/aromatic N) is 1. The quantitative estimate of drug-likeness (QED) is 0.128. The first-order valence-electron chi connectivity index (χ1n) is 11.1. The molecule has 0 heterocycles. The first-order valence-corrected chi connectivity index (χ1v) is 11.5. The van der Waals surface area contributed by atoms with Crippen LogP contribution in [0.25, 0.3) is 0 Å². The van der Waals surface area contributed by atoms with Crippen LogP contribution in [-0.2, 0) is 4.79 Å². The Morgan fingerprint density at radius 2 is 1.69 bits per heavy atom. The maximum absolute atomic E-state index is 12.4. The smallest absolute Gasteiger partial charge is 0.343 e. The van der Waals surface area contributed by atoms with E-state index in [0.29, 0.717) is 40.7 Å². The molecule has 0 saturated heterocycles. The third kappa shape index (κ3) is 9.10. The third-order valence-electron chi connectivity index (χ3n) is 4.71. The highest BCUT2D eigenvalue weighted by atomic mass is 35.5. The number of benzene rings is 2. The van der Waals surface area contributed by atoms with Gasteiger partial charge < -0.3 is 9.47 Å². The van der Waals surface area contributed by atoms with Crippen molar-refractivity contribution in [2.45, 2.75) is 58.8 Å². The minimum atomic E-state index is -0.508. The van der Waals surface area contributed by atoms with Gasteiger partial charge >= 0.3 is 5.97 Å². The number of esters is 1. The van der Waals surface area contributed by atoms with Gasteiger partial charge in [0, 0.05) is 11.4 Å². The van der Waals surface area contributed by atoms with Crippen molar-refractivity contribution >= 4 is 29.7 Å². The first kappa shape index (κ1) is 25.4. The second kappa shape index (κ2) is 14.2. The Kier molecular flexibility index (Phi) is 11.3. The van der Waals surface area contributed by atoms with E-state index < -0.39 is 5.97 Å². The van der Waals surface area contributed by atoms with Crippen LogP contribution in [0.15, 0.2) is 47.6 Å². The second-order valence-electron chi connectivity index (χ2n) is 7.35. The molecule has 0 fully saturated rings. The molecule has 0 atom stereocenters. The van der Waals surface area contributed by atoms with Gasteiger partial charge in [-0.3, -0.25) is 4.79 Å². The molecule has 0 aromatic heterocycles. The summed E-state index contributed by atoms with van der Waals surface area (Å²) in [6.07, 6.45) is 8.78. The van der Waals surface area contributed by atoms with E-state index >= 15 is 0 Å². The molecule has 1 N–H and O–H groups in total. The normalized spacial score (nSPS) is 10.8. The molecule has 2 aromatic carbocycles. The predicted molar refractivity (Wildman–Crippen MR) is 128 cm³/mol. The zero-order valence-corrected chi connectivity index (χ0v) is 19.5. The molecule has 0 aliphatic carbocycles. The number of ether oxygens (including phenoxy) is 2. The molecule has 1 amide bonds. The summed E-state index contributed by atoms with van der Waals surface area (Å²) in [6, 6.07) is 11.5. The van der Waals surface area contributed by atoms with Gasteiger partial charge in [-0.05, 0) is 61.4 Å². The van der Waals surface area contributed by atoms with Gasteiger partial charge in [0.1, 0.15) is 0 Å². The van der Waals surface area contributed by atoms with Crippen LogP contribution in [0.2, 0.25) is 5.02 Å². The summed E-state index contributed by atoms with van der Waals surface area (Å²) in [4.78, 5) is 24.3. The summed E-state index contributed by atoms with van der Waals surface area (Å²) in [5.74, 6) is 0.106. The van der Waals surface area contributed by atoms with Gasteiger partial charge in [0.2, 0.25) is 5.91 Å². The van der Waals surface area contributed by atoms with Crippen LogP contribution in [-0.4, -0.2) is 24.7 Å². The standard InChI is InChI=1S/C25H31ClN2O4/c1-3-5-6-7-8-9-10-24(29)28-27-18-19-11-16-22(23(17-19)31-4-2)32-25(30)20-12-14-21(26)15-13-20/h11-18H,3-10H2,1-2H3,(H,28,29)/b27-18-. The number of hydrazone groups is 1. The maximum Gasteiger partial charge on any atom is 0.343 e. The van der Waals surface area contributed by atoms with Crippen molar-refractivity contribution < 1.29 is 19.1 Å². The maximum atomic E-state index is 12.4. The van der Waals surface area contributed by atoms with Gasteiger partial charge in [0.05, 0.1) is 18.4 Å². The summed E-state index contributed by atoms with van der Waals surface area (Å²) in [5.41, 5.74) is 3.64. The number of halogens is 1. The number of hydrogen-bond acceptors (Lipinski definition) is 5. The lowest BCUT2D eigenvalue weighted by molar-refractivity contribution is -0.121. The molecule has 0 aliphatic rings. The van der Waals surface area contributed by atoms with E-state index in [2.05, 4.69) is 17.5 Å². The lowest BCUT2D eigenvalue weighted by Crippen LogP contribution is -2.16. The fourth-order valence-corrected chi connectivity index (χ4v) is 3.13. The lowest BCUT2D eigenvalue weighted by atomic mass is 10.1. The van der Waals surface area contributed by atoms with Crippen molar-refractivity contribution in [3.63, 3.8) is 0 Å². The summed E-state index contributed by atoms with van der Waals surface area (Å²) < 4.78 is 11.1. The molecule has 0 bridgehead atoms. The van der Waals surface area contributed by atoms with Crippen LogP contribution in [0.3, 0.4) is 0 Å². The molecule has 7 heteroatoms. The lowest BCUT2D eigenvalue weighted by Gasteiger charge is -2.11. The van der Waals surface area contributed by atoms with Crippen LogP contribution < -0.4 is 14.9 Å². The zero-order chi connectivity index (χ0) is 23.2. The van der Waals surface area contributed by atoms with Crippen LogP contribution in [0.1, 0.15) is 74.7 Å². The monoisotopic (exact) mass is 458 g/mol. The minimum absolute atomic E-state index is 0.102. The number of hydrogen-bond donors (Lipinski definition) is 1. The number of carbonyl (C=O) groups excluding carboxylic acids is 2. The van der Waals surface area contributed by atoms with E-state index in [0.717, 1.165) is 12.8 Å². The fourth-order valence-electron chi connectivity index (χ4n) is 3.00. The Hall–Kier alpha value is -2.86. The number of nitrogens with one attached hydrogen (secondary N) is 1. The molecular weight excluding hydrogens is 428 g/mol. The van der Waals surface area contributed by atoms with Gasteiger partial charge in [-0.2, -0.15) is 5.10 Å². The number of unbranched alkanes of at least 4 members (excludes halogenated alkanes) is 5. The van der Waals surface area contributed by atoms with Crippen molar-refractivity contribution in [3.05, 3.63) is 58.6 Å². The largest absolute Gasteiger partial charge is 0.490 e. The van der Waals surface area contributed by atoms with E-state index in [9.17, 15) is 9.59 Å². The zero-order valence-electron chi connectivity index (χ0n) is 18.7. The van der Waals surface area contributed by atoms with Gasteiger partial charge in [0.15, 0.2) is 11.5 Å². The fraction of sp³-hybridized carbons (Fsp3) is 0.400. The molecule has 0 unspecified atom stereocenters. The topological polar surface area (TPSA) is 77.0 Å². The molecule has 2 rings (SSSR count). The average Bonchev–Trinajstić information content (AvgIpc) is 2.78. The number of amides is 1. The van der Waals surface area contributed by atoms with Gasteiger partial charge in [-0.1, -0.05) is 50.6 Å². The first-order chi connectivity index (χ1) is 15.5. The number of carbonyl (C=O) groups is 2. The second-order valence-corrected chi connectivity index (χ2v) is 7.78. The van der Waals surface area contributed by atoms with Crippen molar-refractivity contribution in [1.82, 2.24) is 5.43 Å². The summed E-state index contributed by atoms with van der Waals surface area (Å²) in [6.45, 7) is 4.43. The molecule has 6 nitrogen and oxygen atoms in total. The average molecular weight is 459 g/mol. The molecule has 0 radical (unpaired) electrons. The van der Waals surface area contributed by atoms with Crippen LogP contribution in [0.5, 0.6) is 11.5 Å². The van der Waals surface area contributed by atoms with Crippen molar-refractivity contribution in [1.29, 1.82) is 0 Å². The van der Waals surface area contributed by atoms with Crippen molar-refractivity contribution in [2.75, 3.05) is 6.61 Å². The highest BCUT2D eigenvalue weighted by molar-refractivity contribution is 6.30. The highest BCUT2D eigenvalue weighted by Gasteiger charge is 2.13. The Labute approximate surface area is 195 Å². The van der Waals surface area contributed by atoms with Crippen LogP contribution in [0, 0.1) is 0 Å². The van der Waals surface area contributed by atoms with Crippen molar-refractivity contribution in [2.24, 2.45) is 5.10 Å². The van der Waals surface area contributed by atoms with Crippen LogP contribution >= 0.6 is 11.6 Å². The molecule has 2 aromatic rings. The Balaban J connectivity index is 1.90. The highest BCUT2D eigenvalue weighted by Crippen LogP contribution is 2.29. The van der Waals surface area contributed by atoms with Crippen molar-refractivity contribution in [3.8, 4) is 11.5 Å². The van der Waals surface area contributed by atoms with E-state index in [4.69, 9.17) is 21.1 Å². The van der Waals surface area contributed by atoms with E-state index in [-0.39, 0.29) is 5.91 Å². The minimum Gasteiger partial charge on any atom is -0.490 e. The SMILES string of the molecule is CCCCCCCCC(=O)N/N=C\c1ccc(OC(=O)c2ccc(Cl)cc2)c(OCC)c1. The molecule has 32 heavy (non-hydrogen) atoms. The molecule has 0 saturated carbocycles. The van der Waals surface area contributed by atoms with E-state index in [1.54, 1.807) is 42.5 Å². The predicted octanol–water partition coefficient (Wildman–Crippen LogP) is 6.16. The third-order valence-corrected chi connectivity index (χ3v) is 4.96. The van der Waals surface area contributed by atoms with E-state index in [1.807, 2.05) is 6.92 Å². The van der Waals surface area contributed by atoms with Gasteiger partial charge in [0.25, 0.3) is 0 Å². The Morgan fingerprint density at radius 1 is 0.969 bits per heavy atom. The van der Waals surface area contributed by atoms with Crippen LogP contribution in [0.4, 0.5) is 0 Å². The Morgan fingerprint density at radius 3 is 2.41 bits per heavy atom. The number of rotatable bonds is 13. The van der Waals surface area contributed by atoms with Gasteiger partial charge in [-0.25, -0.2) is 10.2 Å².